The van der Waals surface area contributed by atoms with Crippen LogP contribution in [-0.4, -0.2) is 18.8 Å². The van der Waals surface area contributed by atoms with Crippen LogP contribution in [-0.2, 0) is 11.3 Å². The lowest BCUT2D eigenvalue weighted by Gasteiger charge is -2.11. The van der Waals surface area contributed by atoms with Crippen molar-refractivity contribution in [1.82, 2.24) is 5.32 Å². The fourth-order valence-corrected chi connectivity index (χ4v) is 1.81. The van der Waals surface area contributed by atoms with Crippen LogP contribution in [0.15, 0.2) is 23.0 Å². The van der Waals surface area contributed by atoms with Crippen molar-refractivity contribution in [3.63, 3.8) is 0 Å². The molecule has 0 radical (unpaired) electrons. The molecule has 0 aliphatic carbocycles. The fourth-order valence-electron chi connectivity index (χ4n) is 1.81. The van der Waals surface area contributed by atoms with E-state index in [1.54, 1.807) is 12.5 Å². The summed E-state index contributed by atoms with van der Waals surface area (Å²) in [5.41, 5.74) is 1.19. The van der Waals surface area contributed by atoms with Gasteiger partial charge in [-0.1, -0.05) is 0 Å². The number of hydrogen-bond acceptors (Lipinski definition) is 3. The number of hydrogen-bond donors (Lipinski definition) is 1. The Kier molecular flexibility index (Phi) is 3.22. The van der Waals surface area contributed by atoms with Gasteiger partial charge in [0.25, 0.3) is 0 Å². The van der Waals surface area contributed by atoms with Gasteiger partial charge in [-0.25, -0.2) is 0 Å². The molecule has 3 heteroatoms. The maximum Gasteiger partial charge on any atom is 0.0947 e. The molecule has 1 aromatic heterocycles. The molecule has 0 saturated carbocycles. The summed E-state index contributed by atoms with van der Waals surface area (Å²) in [6, 6.07) is 1.98. The average molecular weight is 195 g/mol. The van der Waals surface area contributed by atoms with Crippen LogP contribution < -0.4 is 5.32 Å². The summed E-state index contributed by atoms with van der Waals surface area (Å²) < 4.78 is 10.7. The standard InChI is InChI=1S/C11H17NO2/c1-9-2-3-11(14-9)7-12-6-10-4-5-13-8-10/h4-5,8-9,11-12H,2-3,6-7H2,1H3. The molecule has 0 amide bonds. The van der Waals surface area contributed by atoms with E-state index in [0.717, 1.165) is 13.1 Å². The molecular weight excluding hydrogens is 178 g/mol. The Bertz CT molecular complexity index is 258. The van der Waals surface area contributed by atoms with E-state index in [2.05, 4.69) is 12.2 Å². The highest BCUT2D eigenvalue weighted by Gasteiger charge is 2.20. The highest BCUT2D eigenvalue weighted by atomic mass is 16.5. The predicted octanol–water partition coefficient (Wildman–Crippen LogP) is 1.94. The molecule has 1 saturated heterocycles. The van der Waals surface area contributed by atoms with Gasteiger partial charge in [-0.2, -0.15) is 0 Å². The average Bonchev–Trinajstić information content (AvgIpc) is 2.77. The molecule has 78 valence electrons. The van der Waals surface area contributed by atoms with Gasteiger partial charge in [0.05, 0.1) is 24.7 Å². The maximum atomic E-state index is 5.69. The van der Waals surface area contributed by atoms with Crippen molar-refractivity contribution < 1.29 is 9.15 Å². The minimum Gasteiger partial charge on any atom is -0.472 e. The van der Waals surface area contributed by atoms with E-state index >= 15 is 0 Å². The molecule has 2 rings (SSSR count). The van der Waals surface area contributed by atoms with Gasteiger partial charge in [-0.3, -0.25) is 0 Å². The Morgan fingerprint density at radius 1 is 1.50 bits per heavy atom. The van der Waals surface area contributed by atoms with Crippen LogP contribution in [0.3, 0.4) is 0 Å². The van der Waals surface area contributed by atoms with Crippen LogP contribution in [0.25, 0.3) is 0 Å². The molecule has 1 fully saturated rings. The monoisotopic (exact) mass is 195 g/mol. The highest BCUT2D eigenvalue weighted by molar-refractivity contribution is 5.04. The van der Waals surface area contributed by atoms with E-state index in [9.17, 15) is 0 Å². The van der Waals surface area contributed by atoms with Gasteiger partial charge in [0.1, 0.15) is 0 Å². The number of nitrogens with one attached hydrogen (secondary N) is 1. The lowest BCUT2D eigenvalue weighted by Crippen LogP contribution is -2.26. The molecule has 0 spiro atoms. The third-order valence-electron chi connectivity index (χ3n) is 2.60. The first-order chi connectivity index (χ1) is 6.84. The second kappa shape index (κ2) is 4.62. The minimum absolute atomic E-state index is 0.400. The van der Waals surface area contributed by atoms with Crippen LogP contribution in [0.2, 0.25) is 0 Å². The summed E-state index contributed by atoms with van der Waals surface area (Å²) in [5.74, 6) is 0. The molecule has 0 aromatic carbocycles. The first kappa shape index (κ1) is 9.74. The zero-order chi connectivity index (χ0) is 9.80. The predicted molar refractivity (Wildman–Crippen MR) is 54.0 cm³/mol. The zero-order valence-electron chi connectivity index (χ0n) is 8.53. The van der Waals surface area contributed by atoms with Gasteiger partial charge in [0.15, 0.2) is 0 Å². The van der Waals surface area contributed by atoms with Gasteiger partial charge in [0, 0.05) is 18.7 Å². The van der Waals surface area contributed by atoms with Crippen molar-refractivity contribution in [3.8, 4) is 0 Å². The quantitative estimate of drug-likeness (QED) is 0.797. The Morgan fingerprint density at radius 3 is 3.07 bits per heavy atom. The van der Waals surface area contributed by atoms with Crippen LogP contribution in [0, 0.1) is 0 Å². The van der Waals surface area contributed by atoms with E-state index in [0.29, 0.717) is 12.2 Å². The summed E-state index contributed by atoms with van der Waals surface area (Å²) in [5, 5.41) is 3.37. The van der Waals surface area contributed by atoms with Crippen molar-refractivity contribution in [2.75, 3.05) is 6.54 Å². The second-order valence-corrected chi connectivity index (χ2v) is 3.91. The van der Waals surface area contributed by atoms with Crippen LogP contribution in [0.1, 0.15) is 25.3 Å². The largest absolute Gasteiger partial charge is 0.472 e. The minimum atomic E-state index is 0.400. The fraction of sp³-hybridized carbons (Fsp3) is 0.636. The number of rotatable bonds is 4. The Balaban J connectivity index is 1.64. The van der Waals surface area contributed by atoms with Gasteiger partial charge in [0.2, 0.25) is 0 Å². The Labute approximate surface area is 84.4 Å². The molecule has 2 atom stereocenters. The molecule has 2 unspecified atom stereocenters. The van der Waals surface area contributed by atoms with E-state index < -0.39 is 0 Å². The van der Waals surface area contributed by atoms with Crippen molar-refractivity contribution in [3.05, 3.63) is 24.2 Å². The zero-order valence-corrected chi connectivity index (χ0v) is 8.53. The third-order valence-corrected chi connectivity index (χ3v) is 2.60. The van der Waals surface area contributed by atoms with Crippen LogP contribution >= 0.6 is 0 Å². The van der Waals surface area contributed by atoms with Crippen molar-refractivity contribution >= 4 is 0 Å². The number of furan rings is 1. The number of ether oxygens (including phenoxy) is 1. The van der Waals surface area contributed by atoms with E-state index in [4.69, 9.17) is 9.15 Å². The van der Waals surface area contributed by atoms with Crippen molar-refractivity contribution in [2.45, 2.75) is 38.5 Å². The van der Waals surface area contributed by atoms with E-state index in [-0.39, 0.29) is 0 Å². The van der Waals surface area contributed by atoms with E-state index in [1.165, 1.54) is 18.4 Å². The summed E-state index contributed by atoms with van der Waals surface area (Å²) in [6.07, 6.45) is 6.68. The van der Waals surface area contributed by atoms with E-state index in [1.807, 2.05) is 6.07 Å². The smallest absolute Gasteiger partial charge is 0.0947 e. The molecule has 0 bridgehead atoms. The topological polar surface area (TPSA) is 34.4 Å². The summed E-state index contributed by atoms with van der Waals surface area (Å²) in [6.45, 7) is 3.94. The molecule has 14 heavy (non-hydrogen) atoms. The molecular formula is C11H17NO2. The Morgan fingerprint density at radius 2 is 2.43 bits per heavy atom. The molecule has 3 nitrogen and oxygen atoms in total. The SMILES string of the molecule is CC1CCC(CNCc2ccoc2)O1. The summed E-state index contributed by atoms with van der Waals surface area (Å²) >= 11 is 0. The third kappa shape index (κ3) is 2.59. The maximum absolute atomic E-state index is 5.69. The molecule has 1 N–H and O–H groups in total. The normalized spacial score (nSPS) is 26.9. The van der Waals surface area contributed by atoms with Crippen molar-refractivity contribution in [1.29, 1.82) is 0 Å². The lowest BCUT2D eigenvalue weighted by atomic mass is 10.2. The van der Waals surface area contributed by atoms with Crippen molar-refractivity contribution in [2.24, 2.45) is 0 Å². The van der Waals surface area contributed by atoms with Gasteiger partial charge in [-0.15, -0.1) is 0 Å². The molecule has 1 aromatic rings. The molecule has 2 heterocycles. The van der Waals surface area contributed by atoms with Gasteiger partial charge < -0.3 is 14.5 Å². The lowest BCUT2D eigenvalue weighted by molar-refractivity contribution is 0.0559. The molecule has 1 aliphatic rings. The molecule has 1 aliphatic heterocycles. The van der Waals surface area contributed by atoms with Gasteiger partial charge in [-0.05, 0) is 25.8 Å². The summed E-state index contributed by atoms with van der Waals surface area (Å²) in [4.78, 5) is 0. The first-order valence-corrected chi connectivity index (χ1v) is 5.22. The highest BCUT2D eigenvalue weighted by Crippen LogP contribution is 2.18. The van der Waals surface area contributed by atoms with Crippen LogP contribution in [0.5, 0.6) is 0 Å². The summed E-state index contributed by atoms with van der Waals surface area (Å²) in [7, 11) is 0. The Hall–Kier alpha value is -0.800. The van der Waals surface area contributed by atoms with Crippen LogP contribution in [0.4, 0.5) is 0 Å². The van der Waals surface area contributed by atoms with Gasteiger partial charge >= 0.3 is 0 Å². The second-order valence-electron chi connectivity index (χ2n) is 3.91. The first-order valence-electron chi connectivity index (χ1n) is 5.22.